The molecular formula is C16H20FN3O2. The minimum Gasteiger partial charge on any atom is -0.465 e. The third-order valence-corrected chi connectivity index (χ3v) is 3.57. The number of hydrogen-bond acceptors (Lipinski definition) is 2. The fourth-order valence-corrected chi connectivity index (χ4v) is 2.26. The van der Waals surface area contributed by atoms with E-state index in [4.69, 9.17) is 5.11 Å². The highest BCUT2D eigenvalue weighted by molar-refractivity contribution is 5.65. The van der Waals surface area contributed by atoms with Crippen molar-refractivity contribution in [2.75, 3.05) is 0 Å². The molecule has 2 heterocycles. The normalized spacial score (nSPS) is 12.9. The molecule has 0 saturated carbocycles. The lowest BCUT2D eigenvalue weighted by molar-refractivity contribution is 0.174. The molecule has 0 fully saturated rings. The van der Waals surface area contributed by atoms with Crippen LogP contribution in [0.5, 0.6) is 0 Å². The fraction of sp³-hybridized carbons (Fsp3) is 0.375. The van der Waals surface area contributed by atoms with E-state index in [9.17, 15) is 9.18 Å². The summed E-state index contributed by atoms with van der Waals surface area (Å²) < 4.78 is 13.7. The average molecular weight is 305 g/mol. The molecule has 2 aromatic heterocycles. The van der Waals surface area contributed by atoms with Crippen molar-refractivity contribution in [1.29, 1.82) is 0 Å². The van der Waals surface area contributed by atoms with E-state index in [1.165, 1.54) is 6.20 Å². The van der Waals surface area contributed by atoms with Crippen LogP contribution in [0.1, 0.15) is 26.3 Å². The largest absolute Gasteiger partial charge is 0.465 e. The molecule has 0 spiro atoms. The Morgan fingerprint density at radius 2 is 2.23 bits per heavy atom. The summed E-state index contributed by atoms with van der Waals surface area (Å²) in [6.07, 6.45) is 2.64. The van der Waals surface area contributed by atoms with E-state index in [2.05, 4.69) is 15.3 Å². The predicted molar refractivity (Wildman–Crippen MR) is 82.1 cm³/mol. The molecule has 118 valence electrons. The molecule has 1 amide bonds. The minimum absolute atomic E-state index is 0.227. The summed E-state index contributed by atoms with van der Waals surface area (Å²) in [6.45, 7) is 5.92. The first kappa shape index (κ1) is 16.0. The summed E-state index contributed by atoms with van der Waals surface area (Å²) in [6, 6.07) is 4.90. The standard InChI is InChI=1S/C16H20FN3O2/c1-16(2,3)13(20-15(21)22)8-10-7-12(19-9-10)11-5-4-6-18-14(11)17/h4-7,9,13,19-20H,8H2,1-3H3,(H,21,22). The third kappa shape index (κ3) is 3.84. The summed E-state index contributed by atoms with van der Waals surface area (Å²) >= 11 is 0. The Morgan fingerprint density at radius 3 is 2.82 bits per heavy atom. The van der Waals surface area contributed by atoms with Crippen molar-refractivity contribution >= 4 is 6.09 Å². The zero-order chi connectivity index (χ0) is 16.3. The van der Waals surface area contributed by atoms with Gasteiger partial charge in [0.2, 0.25) is 5.95 Å². The molecule has 0 aromatic carbocycles. The Labute approximate surface area is 128 Å². The topological polar surface area (TPSA) is 78.0 Å². The van der Waals surface area contributed by atoms with E-state index in [1.54, 1.807) is 18.3 Å². The second-order valence-electron chi connectivity index (χ2n) is 6.34. The van der Waals surface area contributed by atoms with Crippen molar-refractivity contribution in [3.63, 3.8) is 0 Å². The highest BCUT2D eigenvalue weighted by atomic mass is 19.1. The zero-order valence-electron chi connectivity index (χ0n) is 12.9. The average Bonchev–Trinajstić information content (AvgIpc) is 2.85. The number of hydrogen-bond donors (Lipinski definition) is 3. The number of nitrogens with one attached hydrogen (secondary N) is 2. The van der Waals surface area contributed by atoms with Crippen molar-refractivity contribution in [2.45, 2.75) is 33.2 Å². The summed E-state index contributed by atoms with van der Waals surface area (Å²) in [5, 5.41) is 11.5. The van der Waals surface area contributed by atoms with Gasteiger partial charge in [0, 0.05) is 18.4 Å². The van der Waals surface area contributed by atoms with Crippen molar-refractivity contribution < 1.29 is 14.3 Å². The number of nitrogens with zero attached hydrogens (tertiary/aromatic N) is 1. The summed E-state index contributed by atoms with van der Waals surface area (Å²) in [7, 11) is 0. The number of aromatic nitrogens is 2. The van der Waals surface area contributed by atoms with Crippen LogP contribution in [-0.4, -0.2) is 27.2 Å². The Bertz CT molecular complexity index is 661. The first-order chi connectivity index (χ1) is 10.3. The highest BCUT2D eigenvalue weighted by Gasteiger charge is 2.26. The van der Waals surface area contributed by atoms with Crippen LogP contribution >= 0.6 is 0 Å². The first-order valence-electron chi connectivity index (χ1n) is 7.05. The monoisotopic (exact) mass is 305 g/mol. The van der Waals surface area contributed by atoms with Crippen LogP contribution in [0.25, 0.3) is 11.3 Å². The van der Waals surface area contributed by atoms with Crippen LogP contribution in [-0.2, 0) is 6.42 Å². The zero-order valence-corrected chi connectivity index (χ0v) is 12.9. The Hall–Kier alpha value is -2.37. The second kappa shape index (κ2) is 6.17. The summed E-state index contributed by atoms with van der Waals surface area (Å²) in [5.74, 6) is -0.535. The third-order valence-electron chi connectivity index (χ3n) is 3.57. The van der Waals surface area contributed by atoms with E-state index in [0.29, 0.717) is 17.7 Å². The molecular weight excluding hydrogens is 285 g/mol. The van der Waals surface area contributed by atoms with Crippen LogP contribution < -0.4 is 5.32 Å². The van der Waals surface area contributed by atoms with Gasteiger partial charge in [0.1, 0.15) is 0 Å². The molecule has 0 aliphatic carbocycles. The van der Waals surface area contributed by atoms with Gasteiger partial charge in [-0.15, -0.1) is 0 Å². The van der Waals surface area contributed by atoms with Gasteiger partial charge in [-0.1, -0.05) is 20.8 Å². The molecule has 0 saturated heterocycles. The van der Waals surface area contributed by atoms with Crippen molar-refractivity contribution in [2.24, 2.45) is 5.41 Å². The molecule has 0 bridgehead atoms. The van der Waals surface area contributed by atoms with E-state index in [0.717, 1.165) is 5.56 Å². The number of rotatable bonds is 4. The van der Waals surface area contributed by atoms with Crippen LogP contribution in [0.2, 0.25) is 0 Å². The van der Waals surface area contributed by atoms with Gasteiger partial charge in [0.05, 0.1) is 11.3 Å². The molecule has 1 atom stereocenters. The van der Waals surface area contributed by atoms with E-state index < -0.39 is 12.0 Å². The molecule has 0 radical (unpaired) electrons. The van der Waals surface area contributed by atoms with Crippen LogP contribution in [0.3, 0.4) is 0 Å². The van der Waals surface area contributed by atoms with Gasteiger partial charge in [-0.05, 0) is 35.6 Å². The van der Waals surface area contributed by atoms with Gasteiger partial charge in [-0.2, -0.15) is 4.39 Å². The number of pyridine rings is 1. The van der Waals surface area contributed by atoms with Crippen molar-refractivity contribution in [1.82, 2.24) is 15.3 Å². The summed E-state index contributed by atoms with van der Waals surface area (Å²) in [5.41, 5.74) is 1.71. The molecule has 2 rings (SSSR count). The lowest BCUT2D eigenvalue weighted by atomic mass is 9.83. The molecule has 1 unspecified atom stereocenters. The van der Waals surface area contributed by atoms with Gasteiger partial charge < -0.3 is 15.4 Å². The Balaban J connectivity index is 2.20. The number of aromatic amines is 1. The lowest BCUT2D eigenvalue weighted by Crippen LogP contribution is -2.44. The van der Waals surface area contributed by atoms with Crippen molar-refractivity contribution in [3.05, 3.63) is 42.1 Å². The predicted octanol–water partition coefficient (Wildman–Crippen LogP) is 3.44. The van der Waals surface area contributed by atoms with Gasteiger partial charge in [-0.3, -0.25) is 0 Å². The van der Waals surface area contributed by atoms with E-state index in [-0.39, 0.29) is 11.5 Å². The van der Waals surface area contributed by atoms with Crippen LogP contribution in [0.15, 0.2) is 30.6 Å². The molecule has 2 aromatic rings. The molecule has 22 heavy (non-hydrogen) atoms. The number of amides is 1. The van der Waals surface area contributed by atoms with Gasteiger partial charge in [0.25, 0.3) is 0 Å². The van der Waals surface area contributed by atoms with E-state index in [1.807, 2.05) is 26.8 Å². The molecule has 5 nitrogen and oxygen atoms in total. The maximum atomic E-state index is 13.7. The first-order valence-corrected chi connectivity index (χ1v) is 7.05. The molecule has 3 N–H and O–H groups in total. The smallest absolute Gasteiger partial charge is 0.404 e. The number of H-pyrrole nitrogens is 1. The number of halogens is 1. The molecule has 0 aliphatic rings. The Morgan fingerprint density at radius 1 is 1.50 bits per heavy atom. The SMILES string of the molecule is CC(C)(C)C(Cc1c[nH]c(-c2cccnc2F)c1)NC(=O)O. The van der Waals surface area contributed by atoms with E-state index >= 15 is 0 Å². The molecule has 6 heteroatoms. The van der Waals surface area contributed by atoms with Crippen molar-refractivity contribution in [3.8, 4) is 11.3 Å². The van der Waals surface area contributed by atoms with Crippen LogP contribution in [0, 0.1) is 11.4 Å². The maximum Gasteiger partial charge on any atom is 0.404 e. The van der Waals surface area contributed by atoms with Gasteiger partial charge in [0.15, 0.2) is 0 Å². The van der Waals surface area contributed by atoms with Gasteiger partial charge in [-0.25, -0.2) is 9.78 Å². The fourth-order valence-electron chi connectivity index (χ4n) is 2.26. The minimum atomic E-state index is -1.05. The quantitative estimate of drug-likeness (QED) is 0.757. The molecule has 0 aliphatic heterocycles. The van der Waals surface area contributed by atoms with Crippen LogP contribution in [0.4, 0.5) is 9.18 Å². The summed E-state index contributed by atoms with van der Waals surface area (Å²) in [4.78, 5) is 17.6. The second-order valence-corrected chi connectivity index (χ2v) is 6.34. The number of carbonyl (C=O) groups is 1. The maximum absolute atomic E-state index is 13.7. The highest BCUT2D eigenvalue weighted by Crippen LogP contribution is 2.25. The lowest BCUT2D eigenvalue weighted by Gasteiger charge is -2.30. The number of carboxylic acid groups (broad SMARTS) is 1. The van der Waals surface area contributed by atoms with Gasteiger partial charge >= 0.3 is 6.09 Å². The Kier molecular flexibility index (Phi) is 4.49.